The van der Waals surface area contributed by atoms with Crippen molar-refractivity contribution in [2.75, 3.05) is 26.2 Å². The standard InChI is InChI=1S/C23H24ClN3O2S/c1-17(29-20-5-3-2-4-6-20)23(28)27-13-11-26(12-14-27)15-22-25-21(16-30-22)18-7-9-19(24)10-8-18/h2-10,16-17H,11-15H2,1H3. The fourth-order valence-electron chi connectivity index (χ4n) is 3.47. The van der Waals surface area contributed by atoms with Crippen molar-refractivity contribution in [2.45, 2.75) is 19.6 Å². The van der Waals surface area contributed by atoms with E-state index < -0.39 is 6.10 Å². The first-order chi connectivity index (χ1) is 14.6. The van der Waals surface area contributed by atoms with Gasteiger partial charge in [0.05, 0.1) is 12.2 Å². The molecule has 0 saturated carbocycles. The van der Waals surface area contributed by atoms with Crippen molar-refractivity contribution in [3.63, 3.8) is 0 Å². The second-order valence-electron chi connectivity index (χ2n) is 7.31. The highest BCUT2D eigenvalue weighted by molar-refractivity contribution is 7.09. The van der Waals surface area contributed by atoms with Crippen molar-refractivity contribution in [1.29, 1.82) is 0 Å². The average molecular weight is 442 g/mol. The molecule has 0 bridgehead atoms. The Hall–Kier alpha value is -2.41. The van der Waals surface area contributed by atoms with Crippen molar-refractivity contribution >= 4 is 28.8 Å². The van der Waals surface area contributed by atoms with E-state index in [1.54, 1.807) is 11.3 Å². The number of aromatic nitrogens is 1. The molecular weight excluding hydrogens is 418 g/mol. The SMILES string of the molecule is CC(Oc1ccccc1)C(=O)N1CCN(Cc2nc(-c3ccc(Cl)cc3)cs2)CC1. The Labute approximate surface area is 185 Å². The minimum atomic E-state index is -0.486. The zero-order valence-corrected chi connectivity index (χ0v) is 18.4. The van der Waals surface area contributed by atoms with E-state index in [4.69, 9.17) is 21.3 Å². The lowest BCUT2D eigenvalue weighted by Gasteiger charge is -2.35. The lowest BCUT2D eigenvalue weighted by atomic mass is 10.2. The van der Waals surface area contributed by atoms with Crippen LogP contribution in [0.2, 0.25) is 5.02 Å². The van der Waals surface area contributed by atoms with E-state index in [0.29, 0.717) is 13.1 Å². The summed E-state index contributed by atoms with van der Waals surface area (Å²) in [6.07, 6.45) is -0.486. The number of hydrogen-bond donors (Lipinski definition) is 0. The van der Waals surface area contributed by atoms with Crippen LogP contribution in [0.5, 0.6) is 5.75 Å². The Morgan fingerprint density at radius 1 is 1.10 bits per heavy atom. The molecule has 0 radical (unpaired) electrons. The van der Waals surface area contributed by atoms with Gasteiger partial charge in [-0.25, -0.2) is 4.98 Å². The summed E-state index contributed by atoms with van der Waals surface area (Å²) < 4.78 is 5.78. The Balaban J connectivity index is 1.27. The first kappa shape index (κ1) is 20.8. The van der Waals surface area contributed by atoms with Crippen LogP contribution in [0.3, 0.4) is 0 Å². The summed E-state index contributed by atoms with van der Waals surface area (Å²) in [5.74, 6) is 0.759. The molecule has 0 aliphatic carbocycles. The van der Waals surface area contributed by atoms with Crippen LogP contribution in [-0.4, -0.2) is 53.0 Å². The van der Waals surface area contributed by atoms with Crippen LogP contribution in [-0.2, 0) is 11.3 Å². The largest absolute Gasteiger partial charge is 0.481 e. The first-order valence-electron chi connectivity index (χ1n) is 10.0. The van der Waals surface area contributed by atoms with Crippen LogP contribution in [0, 0.1) is 0 Å². The topological polar surface area (TPSA) is 45.7 Å². The van der Waals surface area contributed by atoms with Crippen LogP contribution >= 0.6 is 22.9 Å². The average Bonchev–Trinajstić information content (AvgIpc) is 3.23. The van der Waals surface area contributed by atoms with Gasteiger partial charge in [-0.3, -0.25) is 9.69 Å². The molecule has 1 saturated heterocycles. The molecular formula is C23H24ClN3O2S. The molecule has 1 aliphatic heterocycles. The molecule has 3 aromatic rings. The number of thiazole rings is 1. The summed E-state index contributed by atoms with van der Waals surface area (Å²) >= 11 is 7.64. The third kappa shape index (κ3) is 5.19. The van der Waals surface area contributed by atoms with Gasteiger partial charge in [0.25, 0.3) is 5.91 Å². The number of para-hydroxylation sites is 1. The molecule has 1 amide bonds. The highest BCUT2D eigenvalue weighted by Crippen LogP contribution is 2.24. The molecule has 1 fully saturated rings. The van der Waals surface area contributed by atoms with E-state index in [0.717, 1.165) is 46.7 Å². The van der Waals surface area contributed by atoms with Crippen molar-refractivity contribution in [1.82, 2.24) is 14.8 Å². The summed E-state index contributed by atoms with van der Waals surface area (Å²) in [7, 11) is 0. The van der Waals surface area contributed by atoms with Gasteiger partial charge in [0.2, 0.25) is 0 Å². The Bertz CT molecular complexity index is 970. The lowest BCUT2D eigenvalue weighted by Crippen LogP contribution is -2.51. The van der Waals surface area contributed by atoms with Gasteiger partial charge in [-0.05, 0) is 31.2 Å². The van der Waals surface area contributed by atoms with Gasteiger partial charge in [-0.15, -0.1) is 11.3 Å². The van der Waals surface area contributed by atoms with Crippen LogP contribution in [0.4, 0.5) is 0 Å². The molecule has 0 spiro atoms. The maximum Gasteiger partial charge on any atom is 0.263 e. The number of hydrogen-bond acceptors (Lipinski definition) is 5. The molecule has 30 heavy (non-hydrogen) atoms. The van der Waals surface area contributed by atoms with Gasteiger partial charge in [0, 0.05) is 42.1 Å². The summed E-state index contributed by atoms with van der Waals surface area (Å²) in [6, 6.07) is 17.2. The van der Waals surface area contributed by atoms with Crippen molar-refractivity contribution < 1.29 is 9.53 Å². The normalized spacial score (nSPS) is 15.7. The highest BCUT2D eigenvalue weighted by atomic mass is 35.5. The predicted octanol–water partition coefficient (Wildman–Crippen LogP) is 4.58. The molecule has 2 heterocycles. The molecule has 156 valence electrons. The number of piperazine rings is 1. The number of nitrogens with zero attached hydrogens (tertiary/aromatic N) is 3. The van der Waals surface area contributed by atoms with Crippen LogP contribution in [0.25, 0.3) is 11.3 Å². The maximum absolute atomic E-state index is 12.7. The lowest BCUT2D eigenvalue weighted by molar-refractivity contribution is -0.139. The number of carbonyl (C=O) groups excluding carboxylic acids is 1. The number of halogens is 1. The summed E-state index contributed by atoms with van der Waals surface area (Å²) in [5, 5.41) is 3.90. The second-order valence-corrected chi connectivity index (χ2v) is 8.69. The quantitative estimate of drug-likeness (QED) is 0.562. The molecule has 4 rings (SSSR count). The van der Waals surface area contributed by atoms with Gasteiger partial charge in [0.1, 0.15) is 10.8 Å². The fraction of sp³-hybridized carbons (Fsp3) is 0.304. The van der Waals surface area contributed by atoms with E-state index >= 15 is 0 Å². The zero-order valence-electron chi connectivity index (χ0n) is 16.8. The molecule has 2 aromatic carbocycles. The Morgan fingerprint density at radius 2 is 1.80 bits per heavy atom. The first-order valence-corrected chi connectivity index (χ1v) is 11.3. The third-order valence-corrected chi connectivity index (χ3v) is 6.22. The molecule has 1 unspecified atom stereocenters. The molecule has 5 nitrogen and oxygen atoms in total. The smallest absolute Gasteiger partial charge is 0.263 e. The van der Waals surface area contributed by atoms with E-state index in [9.17, 15) is 4.79 Å². The maximum atomic E-state index is 12.7. The predicted molar refractivity (Wildman–Crippen MR) is 121 cm³/mol. The number of benzene rings is 2. The van der Waals surface area contributed by atoms with Gasteiger partial charge in [0.15, 0.2) is 6.10 Å². The minimum absolute atomic E-state index is 0.0396. The summed E-state index contributed by atoms with van der Waals surface area (Å²) in [4.78, 5) is 21.7. The van der Waals surface area contributed by atoms with E-state index in [1.807, 2.05) is 66.4 Å². The van der Waals surface area contributed by atoms with Crippen molar-refractivity contribution in [3.05, 3.63) is 70.0 Å². The fourth-order valence-corrected chi connectivity index (χ4v) is 4.44. The van der Waals surface area contributed by atoms with Crippen LogP contribution in [0.1, 0.15) is 11.9 Å². The third-order valence-electron chi connectivity index (χ3n) is 5.14. The monoisotopic (exact) mass is 441 g/mol. The minimum Gasteiger partial charge on any atom is -0.481 e. The molecule has 7 heteroatoms. The number of ether oxygens (including phenoxy) is 1. The van der Waals surface area contributed by atoms with E-state index in [2.05, 4.69) is 10.3 Å². The number of carbonyl (C=O) groups is 1. The van der Waals surface area contributed by atoms with Crippen molar-refractivity contribution in [2.24, 2.45) is 0 Å². The second kappa shape index (κ2) is 9.60. The van der Waals surface area contributed by atoms with Gasteiger partial charge in [-0.2, -0.15) is 0 Å². The molecule has 1 atom stereocenters. The van der Waals surface area contributed by atoms with E-state index in [-0.39, 0.29) is 5.91 Å². The van der Waals surface area contributed by atoms with Crippen LogP contribution < -0.4 is 4.74 Å². The Kier molecular flexibility index (Phi) is 6.67. The van der Waals surface area contributed by atoms with Crippen LogP contribution in [0.15, 0.2) is 60.0 Å². The Morgan fingerprint density at radius 3 is 2.50 bits per heavy atom. The molecule has 1 aromatic heterocycles. The summed E-state index contributed by atoms with van der Waals surface area (Å²) in [6.45, 7) is 5.69. The molecule has 1 aliphatic rings. The van der Waals surface area contributed by atoms with E-state index in [1.165, 1.54) is 0 Å². The number of rotatable bonds is 6. The zero-order chi connectivity index (χ0) is 20.9. The number of amides is 1. The molecule has 0 N–H and O–H groups in total. The summed E-state index contributed by atoms with van der Waals surface area (Å²) in [5.41, 5.74) is 2.05. The van der Waals surface area contributed by atoms with Gasteiger partial charge >= 0.3 is 0 Å². The van der Waals surface area contributed by atoms with Gasteiger partial charge < -0.3 is 9.64 Å². The van der Waals surface area contributed by atoms with Gasteiger partial charge in [-0.1, -0.05) is 41.9 Å². The van der Waals surface area contributed by atoms with Crippen molar-refractivity contribution in [3.8, 4) is 17.0 Å². The highest BCUT2D eigenvalue weighted by Gasteiger charge is 2.26.